The number of nitrogens with zero attached hydrogens (tertiary/aromatic N) is 2. The molecule has 2 fully saturated rings. The van der Waals surface area contributed by atoms with Gasteiger partial charge in [-0.2, -0.15) is 0 Å². The monoisotopic (exact) mass is 331 g/mol. The summed E-state index contributed by atoms with van der Waals surface area (Å²) in [5, 5.41) is 9.58. The minimum absolute atomic E-state index is 0.0163. The largest absolute Gasteiger partial charge is 0.393 e. The quantitative estimate of drug-likeness (QED) is 0.861. The van der Waals surface area contributed by atoms with Gasteiger partial charge < -0.3 is 20.6 Å². The average molecular weight is 331 g/mol. The third-order valence-corrected chi connectivity index (χ3v) is 5.01. The number of aliphatic hydroxyl groups is 1. The standard InChI is InChI=1S/C18H25N3O3/c19-17(23)11-13-5-8-21(12-13)18(24)14-1-3-15(4-2-14)20-9-6-16(22)7-10-20/h1-4,13,16,22H,5-12H2,(H2,19,23). The summed E-state index contributed by atoms with van der Waals surface area (Å²) in [6, 6.07) is 7.68. The van der Waals surface area contributed by atoms with Gasteiger partial charge in [0.2, 0.25) is 5.91 Å². The Labute approximate surface area is 142 Å². The lowest BCUT2D eigenvalue weighted by molar-refractivity contribution is -0.118. The number of rotatable bonds is 4. The lowest BCUT2D eigenvalue weighted by atomic mass is 10.1. The normalized spacial score (nSPS) is 22.0. The number of hydrogen-bond donors (Lipinski definition) is 2. The number of carbonyl (C=O) groups excluding carboxylic acids is 2. The van der Waals surface area contributed by atoms with Gasteiger partial charge in [0.1, 0.15) is 0 Å². The van der Waals surface area contributed by atoms with Crippen LogP contribution in [0.5, 0.6) is 0 Å². The van der Waals surface area contributed by atoms with E-state index in [9.17, 15) is 14.7 Å². The minimum atomic E-state index is -0.301. The van der Waals surface area contributed by atoms with E-state index in [1.165, 1.54) is 0 Å². The van der Waals surface area contributed by atoms with Crippen LogP contribution in [0.3, 0.4) is 0 Å². The fourth-order valence-corrected chi connectivity index (χ4v) is 3.59. The Kier molecular flexibility index (Phi) is 5.04. The first-order chi connectivity index (χ1) is 11.5. The van der Waals surface area contributed by atoms with Crippen molar-refractivity contribution >= 4 is 17.5 Å². The zero-order valence-electron chi connectivity index (χ0n) is 13.9. The second-order valence-corrected chi connectivity index (χ2v) is 6.84. The molecule has 130 valence electrons. The van der Waals surface area contributed by atoms with Crippen LogP contribution in [0.1, 0.15) is 36.0 Å². The van der Waals surface area contributed by atoms with E-state index in [2.05, 4.69) is 4.90 Å². The van der Waals surface area contributed by atoms with Gasteiger partial charge >= 0.3 is 0 Å². The molecule has 1 aromatic rings. The van der Waals surface area contributed by atoms with E-state index >= 15 is 0 Å². The molecule has 2 aliphatic heterocycles. The van der Waals surface area contributed by atoms with Gasteiger partial charge in [0, 0.05) is 43.9 Å². The van der Waals surface area contributed by atoms with Crippen LogP contribution in [0, 0.1) is 5.92 Å². The maximum absolute atomic E-state index is 12.6. The van der Waals surface area contributed by atoms with Crippen LogP contribution in [0.15, 0.2) is 24.3 Å². The Morgan fingerprint density at radius 1 is 1.08 bits per heavy atom. The number of anilines is 1. The fraction of sp³-hybridized carbons (Fsp3) is 0.556. The highest BCUT2D eigenvalue weighted by atomic mass is 16.3. The third-order valence-electron chi connectivity index (χ3n) is 5.01. The van der Waals surface area contributed by atoms with E-state index < -0.39 is 0 Å². The van der Waals surface area contributed by atoms with Gasteiger partial charge in [0.15, 0.2) is 0 Å². The van der Waals surface area contributed by atoms with Crippen molar-refractivity contribution in [3.05, 3.63) is 29.8 Å². The molecule has 0 aromatic heterocycles. The Bertz CT molecular complexity index is 594. The molecule has 1 aromatic carbocycles. The number of benzene rings is 1. The highest BCUT2D eigenvalue weighted by Gasteiger charge is 2.28. The first-order valence-electron chi connectivity index (χ1n) is 8.63. The van der Waals surface area contributed by atoms with Gasteiger partial charge in [-0.1, -0.05) is 0 Å². The molecule has 1 unspecified atom stereocenters. The summed E-state index contributed by atoms with van der Waals surface area (Å²) in [4.78, 5) is 27.6. The molecule has 2 saturated heterocycles. The summed E-state index contributed by atoms with van der Waals surface area (Å²) < 4.78 is 0. The zero-order chi connectivity index (χ0) is 17.1. The molecule has 0 spiro atoms. The van der Waals surface area contributed by atoms with Gasteiger partial charge in [-0.15, -0.1) is 0 Å². The predicted octanol–water partition coefficient (Wildman–Crippen LogP) is 0.985. The number of carbonyl (C=O) groups is 2. The van der Waals surface area contributed by atoms with E-state index in [-0.39, 0.29) is 23.8 Å². The zero-order valence-corrected chi connectivity index (χ0v) is 13.9. The summed E-state index contributed by atoms with van der Waals surface area (Å²) in [6.45, 7) is 2.97. The van der Waals surface area contributed by atoms with Crippen molar-refractivity contribution in [1.29, 1.82) is 0 Å². The molecular formula is C18H25N3O3. The summed E-state index contributed by atoms with van der Waals surface area (Å²) in [5.41, 5.74) is 7.00. The second kappa shape index (κ2) is 7.21. The van der Waals surface area contributed by atoms with Gasteiger partial charge in [-0.25, -0.2) is 0 Å². The van der Waals surface area contributed by atoms with Crippen molar-refractivity contribution in [2.24, 2.45) is 11.7 Å². The van der Waals surface area contributed by atoms with E-state index in [4.69, 9.17) is 5.73 Å². The number of primary amides is 1. The number of nitrogens with two attached hydrogens (primary N) is 1. The lowest BCUT2D eigenvalue weighted by Gasteiger charge is -2.31. The molecule has 3 rings (SSSR count). The highest BCUT2D eigenvalue weighted by Crippen LogP contribution is 2.24. The number of likely N-dealkylation sites (tertiary alicyclic amines) is 1. The van der Waals surface area contributed by atoms with Crippen LogP contribution in [0.2, 0.25) is 0 Å². The first kappa shape index (κ1) is 16.8. The first-order valence-corrected chi connectivity index (χ1v) is 8.63. The van der Waals surface area contributed by atoms with Gasteiger partial charge in [-0.3, -0.25) is 9.59 Å². The van der Waals surface area contributed by atoms with Crippen LogP contribution in [0.4, 0.5) is 5.69 Å². The van der Waals surface area contributed by atoms with E-state index in [1.807, 2.05) is 24.3 Å². The second-order valence-electron chi connectivity index (χ2n) is 6.84. The van der Waals surface area contributed by atoms with Crippen molar-refractivity contribution in [1.82, 2.24) is 4.90 Å². The molecule has 1 atom stereocenters. The fourth-order valence-electron chi connectivity index (χ4n) is 3.59. The number of piperidine rings is 1. The van der Waals surface area contributed by atoms with Crippen molar-refractivity contribution in [2.75, 3.05) is 31.1 Å². The number of amides is 2. The molecule has 24 heavy (non-hydrogen) atoms. The van der Waals surface area contributed by atoms with E-state index in [1.54, 1.807) is 4.90 Å². The molecule has 3 N–H and O–H groups in total. The molecule has 2 amide bonds. The van der Waals surface area contributed by atoms with Crippen LogP contribution in [0.25, 0.3) is 0 Å². The van der Waals surface area contributed by atoms with E-state index in [0.717, 1.165) is 38.0 Å². The van der Waals surface area contributed by atoms with Crippen LogP contribution >= 0.6 is 0 Å². The molecular weight excluding hydrogens is 306 g/mol. The van der Waals surface area contributed by atoms with Crippen molar-refractivity contribution < 1.29 is 14.7 Å². The highest BCUT2D eigenvalue weighted by molar-refractivity contribution is 5.94. The summed E-state index contributed by atoms with van der Waals surface area (Å²) in [6.07, 6.45) is 2.57. The number of hydrogen-bond acceptors (Lipinski definition) is 4. The van der Waals surface area contributed by atoms with Crippen molar-refractivity contribution in [3.63, 3.8) is 0 Å². The Morgan fingerprint density at radius 2 is 1.75 bits per heavy atom. The van der Waals surface area contributed by atoms with Crippen LogP contribution in [-0.2, 0) is 4.79 Å². The molecule has 0 bridgehead atoms. The number of aliphatic hydroxyl groups excluding tert-OH is 1. The molecule has 0 aliphatic carbocycles. The molecule has 0 radical (unpaired) electrons. The molecule has 2 heterocycles. The topological polar surface area (TPSA) is 86.9 Å². The van der Waals surface area contributed by atoms with Crippen molar-refractivity contribution in [3.8, 4) is 0 Å². The maximum atomic E-state index is 12.6. The Hall–Kier alpha value is -2.08. The van der Waals surface area contributed by atoms with Crippen molar-refractivity contribution in [2.45, 2.75) is 31.8 Å². The van der Waals surface area contributed by atoms with Crippen LogP contribution < -0.4 is 10.6 Å². The smallest absolute Gasteiger partial charge is 0.253 e. The summed E-state index contributed by atoms with van der Waals surface area (Å²) in [7, 11) is 0. The maximum Gasteiger partial charge on any atom is 0.253 e. The average Bonchev–Trinajstić information content (AvgIpc) is 3.03. The van der Waals surface area contributed by atoms with E-state index in [0.29, 0.717) is 25.1 Å². The summed E-state index contributed by atoms with van der Waals surface area (Å²) >= 11 is 0. The summed E-state index contributed by atoms with van der Waals surface area (Å²) in [5.74, 6) is -0.0987. The minimum Gasteiger partial charge on any atom is -0.393 e. The SMILES string of the molecule is NC(=O)CC1CCN(C(=O)c2ccc(N3CCC(O)CC3)cc2)C1. The third kappa shape index (κ3) is 3.87. The Balaban J connectivity index is 1.59. The molecule has 6 heteroatoms. The van der Waals surface area contributed by atoms with Gasteiger partial charge in [-0.05, 0) is 49.4 Å². The predicted molar refractivity (Wildman–Crippen MR) is 91.7 cm³/mol. The molecule has 2 aliphatic rings. The van der Waals surface area contributed by atoms with Crippen LogP contribution in [-0.4, -0.2) is 54.1 Å². The van der Waals surface area contributed by atoms with Gasteiger partial charge in [0.25, 0.3) is 5.91 Å². The molecule has 6 nitrogen and oxygen atoms in total. The van der Waals surface area contributed by atoms with Gasteiger partial charge in [0.05, 0.1) is 6.10 Å². The Morgan fingerprint density at radius 3 is 2.38 bits per heavy atom. The lowest BCUT2D eigenvalue weighted by Crippen LogP contribution is -2.35. The molecule has 0 saturated carbocycles.